The van der Waals surface area contributed by atoms with Crippen molar-refractivity contribution in [2.24, 2.45) is 4.99 Å². The molecule has 2 aromatic heterocycles. The fourth-order valence-corrected chi connectivity index (χ4v) is 9.31. The number of thiazole rings is 1. The standard InChI is InChI=1S/C32H22I2N2O2S2/c33-22-15-21(30(25(34)17-22)38-18-19-7-2-1-3-8-19)16-27-31(37)36-29(26-11-6-14-39-26)24-13-12-20-9-4-5-10-23(20)28(24)35-32(36)40-27/h1-11,14-17,29H,12-13,18H2/b27-16+/t29-/m1/s1. The van der Waals surface area contributed by atoms with Gasteiger partial charge in [-0.05, 0) is 104 Å². The Kier molecular flexibility index (Phi) is 7.27. The maximum atomic E-state index is 14.1. The molecule has 1 aliphatic heterocycles. The number of allylic oxidation sites excluding steroid dienone is 1. The molecule has 0 saturated heterocycles. The molecule has 3 heterocycles. The summed E-state index contributed by atoms with van der Waals surface area (Å²) in [6, 6.07) is 26.9. The maximum absolute atomic E-state index is 14.1. The summed E-state index contributed by atoms with van der Waals surface area (Å²) in [4.78, 5) is 21.2. The van der Waals surface area contributed by atoms with Crippen LogP contribution in [0.5, 0.6) is 5.75 Å². The van der Waals surface area contributed by atoms with E-state index in [2.05, 4.69) is 111 Å². The molecule has 0 fully saturated rings. The molecule has 7 rings (SSSR count). The first kappa shape index (κ1) is 26.4. The lowest BCUT2D eigenvalue weighted by molar-refractivity contribution is 0.303. The Morgan fingerprint density at radius 1 is 1.00 bits per heavy atom. The molecule has 0 radical (unpaired) electrons. The molecule has 0 spiro atoms. The van der Waals surface area contributed by atoms with E-state index in [4.69, 9.17) is 9.73 Å². The number of benzene rings is 3. The van der Waals surface area contributed by atoms with Gasteiger partial charge in [0.2, 0.25) is 0 Å². The maximum Gasteiger partial charge on any atom is 0.271 e. The van der Waals surface area contributed by atoms with Crippen LogP contribution in [-0.4, -0.2) is 4.57 Å². The van der Waals surface area contributed by atoms with E-state index in [0.717, 1.165) is 47.4 Å². The molecule has 0 unspecified atom stereocenters. The Morgan fingerprint density at radius 2 is 1.82 bits per heavy atom. The molecule has 8 heteroatoms. The number of hydrogen-bond acceptors (Lipinski definition) is 5. The number of aryl methyl sites for hydroxylation is 1. The summed E-state index contributed by atoms with van der Waals surface area (Å²) in [6.45, 7) is 0.462. The Labute approximate surface area is 266 Å². The van der Waals surface area contributed by atoms with Gasteiger partial charge < -0.3 is 4.74 Å². The van der Waals surface area contributed by atoms with Gasteiger partial charge in [0, 0.05) is 19.6 Å². The lowest BCUT2D eigenvalue weighted by atomic mass is 9.85. The minimum absolute atomic E-state index is 0.00422. The molecule has 0 N–H and O–H groups in total. The van der Waals surface area contributed by atoms with Crippen LogP contribution < -0.4 is 19.6 Å². The summed E-state index contributed by atoms with van der Waals surface area (Å²) in [6.07, 6.45) is 3.84. The summed E-state index contributed by atoms with van der Waals surface area (Å²) in [5.41, 5.74) is 6.77. The molecule has 0 bridgehead atoms. The van der Waals surface area contributed by atoms with Gasteiger partial charge in [-0.25, -0.2) is 4.99 Å². The largest absolute Gasteiger partial charge is 0.487 e. The first-order chi connectivity index (χ1) is 19.6. The van der Waals surface area contributed by atoms with Gasteiger partial charge in [-0.1, -0.05) is 72.0 Å². The van der Waals surface area contributed by atoms with Crippen molar-refractivity contribution < 1.29 is 4.74 Å². The zero-order valence-electron chi connectivity index (χ0n) is 21.1. The third kappa shape index (κ3) is 4.82. The number of aromatic nitrogens is 1. The Bertz CT molecular complexity index is 1960. The van der Waals surface area contributed by atoms with Crippen LogP contribution >= 0.6 is 67.9 Å². The number of hydrogen-bond donors (Lipinski definition) is 0. The van der Waals surface area contributed by atoms with Gasteiger partial charge in [-0.15, -0.1) is 11.3 Å². The third-order valence-corrected chi connectivity index (χ3v) is 10.6. The van der Waals surface area contributed by atoms with Gasteiger partial charge in [0.15, 0.2) is 4.80 Å². The van der Waals surface area contributed by atoms with E-state index in [-0.39, 0.29) is 11.6 Å². The monoisotopic (exact) mass is 784 g/mol. The number of ether oxygens (including phenoxy) is 1. The predicted molar refractivity (Wildman–Crippen MR) is 180 cm³/mol. The highest BCUT2D eigenvalue weighted by Crippen LogP contribution is 2.42. The van der Waals surface area contributed by atoms with Crippen molar-refractivity contribution in [2.75, 3.05) is 0 Å². The van der Waals surface area contributed by atoms with Crippen molar-refractivity contribution >= 4 is 79.6 Å². The minimum atomic E-state index is -0.133. The summed E-state index contributed by atoms with van der Waals surface area (Å²) < 4.78 is 11.0. The van der Waals surface area contributed by atoms with Crippen molar-refractivity contribution in [1.82, 2.24) is 4.57 Å². The second-order valence-corrected chi connectivity index (χ2v) is 14.1. The number of halogens is 2. The van der Waals surface area contributed by atoms with E-state index in [1.165, 1.54) is 32.9 Å². The highest BCUT2D eigenvalue weighted by molar-refractivity contribution is 14.1. The highest BCUT2D eigenvalue weighted by Gasteiger charge is 2.33. The molecule has 1 atom stereocenters. The summed E-state index contributed by atoms with van der Waals surface area (Å²) >= 11 is 7.81. The van der Waals surface area contributed by atoms with Gasteiger partial charge in [0.25, 0.3) is 5.56 Å². The lowest BCUT2D eigenvalue weighted by Crippen LogP contribution is -2.38. The molecule has 3 aromatic carbocycles. The van der Waals surface area contributed by atoms with Crippen LogP contribution in [-0.2, 0) is 13.0 Å². The molecule has 5 aromatic rings. The molecular formula is C32H22I2N2O2S2. The lowest BCUT2D eigenvalue weighted by Gasteiger charge is -2.30. The molecule has 198 valence electrons. The second kappa shape index (κ2) is 11.0. The van der Waals surface area contributed by atoms with E-state index in [1.54, 1.807) is 11.3 Å². The first-order valence-corrected chi connectivity index (χ1v) is 16.7. The van der Waals surface area contributed by atoms with Crippen LogP contribution in [0.15, 0.2) is 99.6 Å². The van der Waals surface area contributed by atoms with Gasteiger partial charge in [-0.3, -0.25) is 9.36 Å². The first-order valence-electron chi connectivity index (χ1n) is 12.9. The molecule has 1 aliphatic carbocycles. The molecule has 0 amide bonds. The smallest absolute Gasteiger partial charge is 0.271 e. The fraction of sp³-hybridized carbons (Fsp3) is 0.125. The van der Waals surface area contributed by atoms with E-state index in [0.29, 0.717) is 11.1 Å². The predicted octanol–water partition coefficient (Wildman–Crippen LogP) is 7.17. The molecule has 40 heavy (non-hydrogen) atoms. The second-order valence-electron chi connectivity index (χ2n) is 9.71. The average Bonchev–Trinajstić information content (AvgIpc) is 3.60. The summed E-state index contributed by atoms with van der Waals surface area (Å²) in [7, 11) is 0. The van der Waals surface area contributed by atoms with E-state index in [1.807, 2.05) is 28.8 Å². The minimum Gasteiger partial charge on any atom is -0.487 e. The van der Waals surface area contributed by atoms with Gasteiger partial charge in [0.1, 0.15) is 12.4 Å². The quantitative estimate of drug-likeness (QED) is 0.178. The van der Waals surface area contributed by atoms with Crippen LogP contribution in [0.3, 0.4) is 0 Å². The fourth-order valence-electron chi connectivity index (χ4n) is 5.43. The van der Waals surface area contributed by atoms with Crippen molar-refractivity contribution in [2.45, 2.75) is 25.5 Å². The van der Waals surface area contributed by atoms with Crippen LogP contribution in [0.1, 0.15) is 39.6 Å². The van der Waals surface area contributed by atoms with Gasteiger partial charge >= 0.3 is 0 Å². The van der Waals surface area contributed by atoms with Crippen molar-refractivity contribution in [3.63, 3.8) is 0 Å². The van der Waals surface area contributed by atoms with Crippen LogP contribution in [0.4, 0.5) is 0 Å². The average molecular weight is 784 g/mol. The van der Waals surface area contributed by atoms with Crippen LogP contribution in [0.2, 0.25) is 0 Å². The van der Waals surface area contributed by atoms with Gasteiger partial charge in [0.05, 0.1) is 19.8 Å². The number of rotatable bonds is 5. The zero-order chi connectivity index (χ0) is 27.2. The Hall–Kier alpha value is -2.54. The van der Waals surface area contributed by atoms with E-state index < -0.39 is 0 Å². The topological polar surface area (TPSA) is 43.6 Å². The van der Waals surface area contributed by atoms with E-state index in [9.17, 15) is 4.79 Å². The number of fused-ring (bicyclic) bond motifs is 3. The molecule has 2 aliphatic rings. The Balaban J connectivity index is 1.39. The van der Waals surface area contributed by atoms with Crippen LogP contribution in [0, 0.1) is 7.14 Å². The zero-order valence-corrected chi connectivity index (χ0v) is 27.1. The number of nitrogens with zero attached hydrogens (tertiary/aromatic N) is 2. The van der Waals surface area contributed by atoms with Crippen LogP contribution in [0.25, 0.3) is 11.8 Å². The normalized spacial score (nSPS) is 16.2. The van der Waals surface area contributed by atoms with Gasteiger partial charge in [-0.2, -0.15) is 0 Å². The van der Waals surface area contributed by atoms with Crippen molar-refractivity contribution in [1.29, 1.82) is 0 Å². The summed E-state index contributed by atoms with van der Waals surface area (Å²) in [5, 5.41) is 2.09. The van der Waals surface area contributed by atoms with Crippen molar-refractivity contribution in [3.05, 3.63) is 144 Å². The SMILES string of the molecule is O=c1/c(=C\c2cc(I)cc(I)c2OCc2ccccc2)sc2n1[C@@H](c1cccs1)C1=C(N=2)c2ccccc2CC1. The Morgan fingerprint density at radius 3 is 2.65 bits per heavy atom. The van der Waals surface area contributed by atoms with E-state index >= 15 is 0 Å². The summed E-state index contributed by atoms with van der Waals surface area (Å²) in [5.74, 6) is 0.790. The third-order valence-electron chi connectivity index (χ3n) is 7.24. The molecular weight excluding hydrogens is 762 g/mol. The van der Waals surface area contributed by atoms with Crippen molar-refractivity contribution in [3.8, 4) is 5.75 Å². The molecule has 4 nitrogen and oxygen atoms in total. The molecule has 0 saturated carbocycles. The number of thiophene rings is 1. The highest BCUT2D eigenvalue weighted by atomic mass is 127.